The van der Waals surface area contributed by atoms with Gasteiger partial charge in [-0.15, -0.1) is 0 Å². The Kier molecular flexibility index (Phi) is 8.54. The van der Waals surface area contributed by atoms with Gasteiger partial charge in [0.1, 0.15) is 0 Å². The highest BCUT2D eigenvalue weighted by molar-refractivity contribution is 7.99. The molecule has 9 heteroatoms. The Labute approximate surface area is 181 Å². The van der Waals surface area contributed by atoms with Gasteiger partial charge in [0.25, 0.3) is 10.1 Å². The molecule has 0 bridgehead atoms. The van der Waals surface area contributed by atoms with Crippen LogP contribution in [0.25, 0.3) is 0 Å². The first-order valence-corrected chi connectivity index (χ1v) is 12.2. The summed E-state index contributed by atoms with van der Waals surface area (Å²) in [6.45, 7) is 6.60. The standard InChI is InChI=1S/C19H21ClN2S.CH4O3S.H2O/c1-13-3-2-4-16-17(22-9-7-21-8-10-22)12-14-11-15(20)5-6-18(14)23-19(13)16;1-5(2,3)4;/h2-6,11,17,21H,7-10,12H2,1H3;1H3,(H,2,3,4);1H2. The Bertz CT molecular complexity index is 939. The SMILES string of the molecule is CS(=O)(=O)O.Cc1cccc2c1Sc1ccc(Cl)cc1CC2N1CCNCC1.O. The van der Waals surface area contributed by atoms with Gasteiger partial charge in [-0.05, 0) is 48.2 Å². The van der Waals surface area contributed by atoms with Crippen LogP contribution in [-0.4, -0.2) is 55.8 Å². The van der Waals surface area contributed by atoms with Crippen LogP contribution < -0.4 is 5.32 Å². The van der Waals surface area contributed by atoms with Crippen LogP contribution in [0.15, 0.2) is 46.2 Å². The summed E-state index contributed by atoms with van der Waals surface area (Å²) >= 11 is 8.18. The maximum Gasteiger partial charge on any atom is 0.261 e. The summed E-state index contributed by atoms with van der Waals surface area (Å²) in [6, 6.07) is 13.5. The molecule has 4 N–H and O–H groups in total. The van der Waals surface area contributed by atoms with Gasteiger partial charge in [-0.2, -0.15) is 8.42 Å². The summed E-state index contributed by atoms with van der Waals surface area (Å²) in [4.78, 5) is 5.41. The van der Waals surface area contributed by atoms with Crippen LogP contribution in [0, 0.1) is 6.92 Å². The second kappa shape index (κ2) is 10.3. The second-order valence-corrected chi connectivity index (χ2v) is 10.0. The fourth-order valence-electron chi connectivity index (χ4n) is 3.63. The highest BCUT2D eigenvalue weighted by atomic mass is 35.5. The van der Waals surface area contributed by atoms with E-state index in [2.05, 4.69) is 47.5 Å². The van der Waals surface area contributed by atoms with Crippen molar-refractivity contribution in [2.45, 2.75) is 29.2 Å². The van der Waals surface area contributed by atoms with Crippen LogP contribution in [0.5, 0.6) is 0 Å². The third-order valence-electron chi connectivity index (χ3n) is 4.84. The number of nitrogens with one attached hydrogen (secondary N) is 1. The molecule has 1 fully saturated rings. The molecule has 0 amide bonds. The lowest BCUT2D eigenvalue weighted by Crippen LogP contribution is -2.45. The molecule has 160 valence electrons. The second-order valence-electron chi connectivity index (χ2n) is 7.09. The van der Waals surface area contributed by atoms with E-state index < -0.39 is 10.1 Å². The minimum absolute atomic E-state index is 0. The van der Waals surface area contributed by atoms with E-state index in [1.54, 1.807) is 0 Å². The summed E-state index contributed by atoms with van der Waals surface area (Å²) in [5, 5.41) is 4.30. The van der Waals surface area contributed by atoms with Crippen molar-refractivity contribution >= 4 is 33.5 Å². The Hall–Kier alpha value is -1.13. The van der Waals surface area contributed by atoms with E-state index in [0.29, 0.717) is 12.3 Å². The van der Waals surface area contributed by atoms with Gasteiger partial charge in [0.15, 0.2) is 0 Å². The number of piperazine rings is 1. The van der Waals surface area contributed by atoms with E-state index >= 15 is 0 Å². The lowest BCUT2D eigenvalue weighted by Gasteiger charge is -2.35. The highest BCUT2D eigenvalue weighted by Gasteiger charge is 2.29. The molecule has 4 rings (SSSR count). The molecule has 1 unspecified atom stereocenters. The highest BCUT2D eigenvalue weighted by Crippen LogP contribution is 2.44. The zero-order chi connectivity index (χ0) is 20.3. The molecule has 6 nitrogen and oxygen atoms in total. The van der Waals surface area contributed by atoms with Crippen LogP contribution in [0.3, 0.4) is 0 Å². The number of rotatable bonds is 1. The summed E-state index contributed by atoms with van der Waals surface area (Å²) in [5.41, 5.74) is 4.22. The average Bonchev–Trinajstić information content (AvgIpc) is 2.79. The fourth-order valence-corrected chi connectivity index (χ4v) is 5.01. The quantitative estimate of drug-likeness (QED) is 0.637. The van der Waals surface area contributed by atoms with Crippen molar-refractivity contribution in [2.75, 3.05) is 32.4 Å². The van der Waals surface area contributed by atoms with Gasteiger partial charge in [0.05, 0.1) is 6.26 Å². The Balaban J connectivity index is 0.000000450. The molecule has 0 aromatic heterocycles. The Morgan fingerprint density at radius 1 is 1.21 bits per heavy atom. The normalized spacial score (nSPS) is 19.0. The van der Waals surface area contributed by atoms with Crippen LogP contribution in [-0.2, 0) is 16.5 Å². The van der Waals surface area contributed by atoms with Crippen molar-refractivity contribution in [2.24, 2.45) is 0 Å². The molecule has 2 aromatic carbocycles. The first kappa shape index (κ1) is 24.1. The molecule has 0 radical (unpaired) electrons. The summed E-state index contributed by atoms with van der Waals surface area (Å²) < 4.78 is 25.9. The maximum atomic E-state index is 9.19. The van der Waals surface area contributed by atoms with Crippen LogP contribution in [0.1, 0.15) is 22.7 Å². The summed E-state index contributed by atoms with van der Waals surface area (Å²) in [7, 11) is -3.67. The van der Waals surface area contributed by atoms with E-state index in [1.807, 2.05) is 17.8 Å². The maximum absolute atomic E-state index is 9.19. The summed E-state index contributed by atoms with van der Waals surface area (Å²) in [5.74, 6) is 0. The van der Waals surface area contributed by atoms with Crippen molar-refractivity contribution in [1.82, 2.24) is 10.2 Å². The lowest BCUT2D eigenvalue weighted by molar-refractivity contribution is 0.170. The number of nitrogens with zero attached hydrogens (tertiary/aromatic N) is 1. The van der Waals surface area contributed by atoms with Crippen molar-refractivity contribution in [3.05, 3.63) is 58.1 Å². The Morgan fingerprint density at radius 2 is 1.86 bits per heavy atom. The summed E-state index contributed by atoms with van der Waals surface area (Å²) in [6.07, 6.45) is 1.76. The number of aryl methyl sites for hydroxylation is 1. The molecule has 0 saturated carbocycles. The lowest BCUT2D eigenvalue weighted by atomic mass is 9.95. The monoisotopic (exact) mass is 458 g/mol. The minimum atomic E-state index is -3.67. The third kappa shape index (κ3) is 6.68. The van der Waals surface area contributed by atoms with Crippen molar-refractivity contribution in [3.8, 4) is 0 Å². The topological polar surface area (TPSA) is 101 Å². The van der Waals surface area contributed by atoms with E-state index in [9.17, 15) is 8.42 Å². The van der Waals surface area contributed by atoms with Crippen molar-refractivity contribution < 1.29 is 18.4 Å². The number of fused-ring (bicyclic) bond motifs is 2. The predicted octanol–water partition coefficient (Wildman–Crippen LogP) is 2.98. The smallest absolute Gasteiger partial charge is 0.261 e. The molecule has 0 aliphatic carbocycles. The molecule has 1 saturated heterocycles. The molecular weight excluding hydrogens is 432 g/mol. The van der Waals surface area contributed by atoms with Gasteiger partial charge in [-0.1, -0.05) is 41.6 Å². The van der Waals surface area contributed by atoms with Gasteiger partial charge in [0.2, 0.25) is 0 Å². The molecule has 2 heterocycles. The van der Waals surface area contributed by atoms with Crippen molar-refractivity contribution in [3.63, 3.8) is 0 Å². The zero-order valence-corrected chi connectivity index (χ0v) is 18.9. The predicted molar refractivity (Wildman–Crippen MR) is 119 cm³/mol. The molecule has 0 spiro atoms. The third-order valence-corrected chi connectivity index (χ3v) is 6.46. The molecule has 2 aliphatic heterocycles. The average molecular weight is 459 g/mol. The van der Waals surface area contributed by atoms with Crippen LogP contribution in [0.4, 0.5) is 0 Å². The van der Waals surface area contributed by atoms with Crippen LogP contribution >= 0.6 is 23.4 Å². The number of halogens is 1. The van der Waals surface area contributed by atoms with Crippen LogP contribution in [0.2, 0.25) is 5.02 Å². The van der Waals surface area contributed by atoms with Gasteiger partial charge in [-0.3, -0.25) is 9.45 Å². The first-order chi connectivity index (χ1) is 13.2. The fraction of sp³-hybridized carbons (Fsp3) is 0.400. The Morgan fingerprint density at radius 3 is 2.52 bits per heavy atom. The first-order valence-electron chi connectivity index (χ1n) is 9.15. The molecule has 29 heavy (non-hydrogen) atoms. The van der Waals surface area contributed by atoms with Gasteiger partial charge >= 0.3 is 0 Å². The van der Waals surface area contributed by atoms with Gasteiger partial charge < -0.3 is 10.8 Å². The van der Waals surface area contributed by atoms with E-state index in [0.717, 1.165) is 37.6 Å². The number of hydrogen-bond acceptors (Lipinski definition) is 5. The van der Waals surface area contributed by atoms with E-state index in [1.165, 1.54) is 26.5 Å². The van der Waals surface area contributed by atoms with E-state index in [-0.39, 0.29) is 5.48 Å². The molecule has 2 aliphatic rings. The number of hydrogen-bond donors (Lipinski definition) is 2. The largest absolute Gasteiger partial charge is 0.412 e. The van der Waals surface area contributed by atoms with Crippen molar-refractivity contribution in [1.29, 1.82) is 0 Å². The van der Waals surface area contributed by atoms with E-state index in [4.69, 9.17) is 16.2 Å². The molecule has 2 aromatic rings. The minimum Gasteiger partial charge on any atom is -0.412 e. The zero-order valence-electron chi connectivity index (χ0n) is 16.5. The molecular formula is C20H27ClN2O4S2. The van der Waals surface area contributed by atoms with Gasteiger partial charge in [-0.25, -0.2) is 0 Å². The van der Waals surface area contributed by atoms with Gasteiger partial charge in [0, 0.05) is 47.0 Å². The number of benzene rings is 2. The molecule has 1 atom stereocenters.